The van der Waals surface area contributed by atoms with Crippen molar-refractivity contribution in [1.82, 2.24) is 9.80 Å². The summed E-state index contributed by atoms with van der Waals surface area (Å²) in [5, 5.41) is 1.95. The summed E-state index contributed by atoms with van der Waals surface area (Å²) in [6, 6.07) is 53.9. The minimum atomic E-state index is -0.813. The molecule has 108 heavy (non-hydrogen) atoms. The first-order valence-electron chi connectivity index (χ1n) is 38.6. The smallest absolute Gasteiger partial charge is 0.324 e. The fourth-order valence-corrected chi connectivity index (χ4v) is 17.8. The lowest BCUT2D eigenvalue weighted by molar-refractivity contribution is -0.165. The van der Waals surface area contributed by atoms with Crippen molar-refractivity contribution in [2.24, 2.45) is 35.5 Å². The van der Waals surface area contributed by atoms with Gasteiger partial charge in [0.15, 0.2) is 0 Å². The van der Waals surface area contributed by atoms with Crippen molar-refractivity contribution in [3.63, 3.8) is 0 Å². The van der Waals surface area contributed by atoms with Crippen molar-refractivity contribution in [2.45, 2.75) is 194 Å². The number of carbonyl (C=O) groups is 4. The maximum atomic E-state index is 14.4. The summed E-state index contributed by atoms with van der Waals surface area (Å²) < 4.78 is 38.1. The highest BCUT2D eigenvalue weighted by Gasteiger charge is 2.45. The molecule has 12 atom stereocenters. The maximum absolute atomic E-state index is 14.4. The molecule has 14 nitrogen and oxygen atoms in total. The zero-order chi connectivity index (χ0) is 76.2. The average Bonchev–Trinajstić information content (AvgIpc) is 0.754. The Bertz CT molecular complexity index is 4220. The summed E-state index contributed by atoms with van der Waals surface area (Å²) in [7, 11) is 3.58. The predicted molar refractivity (Wildman–Crippen MR) is 428 cm³/mol. The van der Waals surface area contributed by atoms with Crippen LogP contribution in [0.1, 0.15) is 187 Å². The van der Waals surface area contributed by atoms with Gasteiger partial charge in [0.05, 0.1) is 31.5 Å². The fraction of sp³-hybridized carbons (Fsp3) is 0.422. The monoisotopic (exact) mass is 1540 g/mol. The highest BCUT2D eigenvalue weighted by Crippen LogP contribution is 2.48. The first-order valence-corrected chi connectivity index (χ1v) is 40.1. The van der Waals surface area contributed by atoms with Crippen LogP contribution in [0.2, 0.25) is 20.1 Å². The van der Waals surface area contributed by atoms with E-state index in [1.807, 2.05) is 84.9 Å². The number of likely N-dealkylation sites (N-methyl/N-ethyl adjacent to an activating group) is 2. The van der Waals surface area contributed by atoms with Crippen LogP contribution in [0.15, 0.2) is 170 Å². The lowest BCUT2D eigenvalue weighted by Gasteiger charge is -2.43. The molecule has 0 saturated heterocycles. The predicted octanol–water partition coefficient (Wildman–Crippen LogP) is 21.1. The summed E-state index contributed by atoms with van der Waals surface area (Å²) >= 11 is 24.4. The fourth-order valence-electron chi connectivity index (χ4n) is 17.1. The minimum absolute atomic E-state index is 0.0226. The summed E-state index contributed by atoms with van der Waals surface area (Å²) in [6.45, 7) is 19.6. The van der Waals surface area contributed by atoms with Gasteiger partial charge in [-0.2, -0.15) is 0 Å². The Labute approximate surface area is 657 Å². The highest BCUT2D eigenvalue weighted by atomic mass is 35.5. The van der Waals surface area contributed by atoms with Crippen LogP contribution in [0.4, 0.5) is 11.4 Å². The molecule has 2 aliphatic carbocycles. The van der Waals surface area contributed by atoms with Crippen molar-refractivity contribution in [2.75, 3.05) is 23.9 Å². The number of amides is 2. The molecule has 2 amide bonds. The molecule has 4 heterocycles. The number of halogens is 4. The second-order valence-corrected chi connectivity index (χ2v) is 32.9. The molecule has 2 saturated carbocycles. The summed E-state index contributed by atoms with van der Waals surface area (Å²) in [5.74, 6) is 4.65. The van der Waals surface area contributed by atoms with E-state index >= 15 is 0 Å². The van der Waals surface area contributed by atoms with E-state index in [1.54, 1.807) is 48.2 Å². The quantitative estimate of drug-likeness (QED) is 0.0672. The molecule has 0 aromatic heterocycles. The minimum Gasteiger partial charge on any atom is -0.489 e. The van der Waals surface area contributed by atoms with Crippen LogP contribution >= 0.6 is 46.4 Å². The summed E-state index contributed by atoms with van der Waals surface area (Å²) in [4.78, 5) is 64.5. The van der Waals surface area contributed by atoms with Crippen LogP contribution in [0.25, 0.3) is 0 Å². The van der Waals surface area contributed by atoms with Crippen molar-refractivity contribution in [3.8, 4) is 23.0 Å². The molecule has 18 heteroatoms. The molecule has 0 spiro atoms. The number of ether oxygens (including phenoxy) is 6. The third-order valence-corrected chi connectivity index (χ3v) is 24.8. The van der Waals surface area contributed by atoms with Gasteiger partial charge in [-0.1, -0.05) is 212 Å². The number of rotatable bonds is 20. The second-order valence-electron chi connectivity index (χ2n) is 31.2. The number of benzene rings is 8. The Morgan fingerprint density at radius 3 is 1.20 bits per heavy atom. The van der Waals surface area contributed by atoms with E-state index in [4.69, 9.17) is 74.8 Å². The molecule has 6 aliphatic rings. The van der Waals surface area contributed by atoms with Gasteiger partial charge < -0.3 is 38.2 Å². The van der Waals surface area contributed by atoms with Crippen LogP contribution in [0.3, 0.4) is 0 Å². The average molecular weight is 1540 g/mol. The van der Waals surface area contributed by atoms with E-state index in [9.17, 15) is 19.2 Å². The number of anilines is 2. The second kappa shape index (κ2) is 34.5. The third kappa shape index (κ3) is 17.4. The molecule has 2 fully saturated rings. The van der Waals surface area contributed by atoms with Gasteiger partial charge in [0.25, 0.3) is 11.8 Å². The number of hydrogen-bond donors (Lipinski definition) is 0. The van der Waals surface area contributed by atoms with Gasteiger partial charge in [-0.25, -0.2) is 0 Å². The summed E-state index contributed by atoms with van der Waals surface area (Å²) in [5.41, 5.74) is 11.3. The van der Waals surface area contributed by atoms with E-state index in [1.165, 1.54) is 24.0 Å². The van der Waals surface area contributed by atoms with Gasteiger partial charge in [0.2, 0.25) is 12.2 Å². The van der Waals surface area contributed by atoms with E-state index < -0.39 is 24.3 Å². The largest absolute Gasteiger partial charge is 0.489 e. The molecular weight excluding hydrogens is 1440 g/mol. The zero-order valence-corrected chi connectivity index (χ0v) is 66.6. The standard InChI is InChI=1S/2C45H50Cl2N2O5/c2*1-6-38(30-10-8-7-9-11-30)49-25-33-24-42-39(22-32(33)23-40(49)45(51)54-41-20-28(4)12-18-35(41)27(2)3)48(5)44(50)43(53-42)31-14-16-34(17-15-31)52-26-29-13-19-36(46)37(47)21-29/h2*7-11,13-17,19,21-22,24,27-28,35,38,40-41,43H,6,12,18,20,23,25-26H2,1-5H3/t28-,35+,38+,40+,41-,43+;28-,35+,38-,40+,41-,43+/m11/s1. The lowest BCUT2D eigenvalue weighted by Crippen LogP contribution is -2.50. The Kier molecular flexibility index (Phi) is 24.9. The van der Waals surface area contributed by atoms with E-state index in [2.05, 4.69) is 126 Å². The molecule has 8 aromatic rings. The molecule has 8 aromatic carbocycles. The van der Waals surface area contributed by atoms with Gasteiger partial charge in [-0.05, 0) is 204 Å². The number of nitrogens with zero attached hydrogens (tertiary/aromatic N) is 4. The van der Waals surface area contributed by atoms with E-state index in [0.717, 1.165) is 83.0 Å². The van der Waals surface area contributed by atoms with Crippen molar-refractivity contribution < 1.29 is 47.6 Å². The Morgan fingerprint density at radius 2 is 0.852 bits per heavy atom. The summed E-state index contributed by atoms with van der Waals surface area (Å²) in [6.07, 6.45) is 7.20. The van der Waals surface area contributed by atoms with Crippen molar-refractivity contribution >= 4 is 81.5 Å². The van der Waals surface area contributed by atoms with Gasteiger partial charge in [0, 0.05) is 50.4 Å². The van der Waals surface area contributed by atoms with Crippen molar-refractivity contribution in [1.29, 1.82) is 0 Å². The van der Waals surface area contributed by atoms with Crippen LogP contribution < -0.4 is 28.7 Å². The molecule has 14 rings (SSSR count). The van der Waals surface area contributed by atoms with Crippen LogP contribution in [-0.4, -0.2) is 71.9 Å². The zero-order valence-electron chi connectivity index (χ0n) is 63.5. The molecule has 4 aliphatic heterocycles. The van der Waals surface area contributed by atoms with E-state index in [-0.39, 0.29) is 48.0 Å². The topological polar surface area (TPSA) is 137 Å². The Morgan fingerprint density at radius 1 is 0.472 bits per heavy atom. The normalized spacial score (nSPS) is 23.3. The number of hydrogen-bond acceptors (Lipinski definition) is 12. The Hall–Kier alpha value is -8.08. The van der Waals surface area contributed by atoms with Crippen LogP contribution in [-0.2, 0) is 67.8 Å². The van der Waals surface area contributed by atoms with E-state index in [0.29, 0.717) is 129 Å². The molecule has 0 radical (unpaired) electrons. The number of esters is 2. The first kappa shape index (κ1) is 78.1. The first-order chi connectivity index (χ1) is 52.0. The maximum Gasteiger partial charge on any atom is 0.324 e. The van der Waals surface area contributed by atoms with Gasteiger partial charge in [-0.15, -0.1) is 0 Å². The molecule has 568 valence electrons. The molecule has 0 N–H and O–H groups in total. The van der Waals surface area contributed by atoms with Crippen LogP contribution in [0.5, 0.6) is 23.0 Å². The SMILES string of the molecule is CC[C@@H](c1ccccc1)N1Cc2cc3c(cc2C[C@H]1C(=O)O[C@@H]1C[C@H](C)CC[C@H]1C(C)C)N(C)C(=O)[C@H](c1ccc(OCc2ccc(Cl)c(Cl)c2)cc1)O3.CC[C@H](c1ccccc1)N1Cc2cc3c(cc2C[C@H]1C(=O)O[C@@H]1C[C@H](C)CC[C@H]1C(C)C)N(C)C(=O)[C@H](c1ccc(OCc2ccc(Cl)c(Cl)c2)cc1)O3. The van der Waals surface area contributed by atoms with Gasteiger partial charge >= 0.3 is 11.9 Å². The molecular formula is C90H100Cl4N4O10. The van der Waals surface area contributed by atoms with Crippen molar-refractivity contribution in [3.05, 3.63) is 246 Å². The Balaban J connectivity index is 0.000000190. The molecule has 0 bridgehead atoms. The molecule has 0 unspecified atom stereocenters. The van der Waals surface area contributed by atoms with Gasteiger partial charge in [-0.3, -0.25) is 29.0 Å². The highest BCUT2D eigenvalue weighted by molar-refractivity contribution is 6.42. The third-order valence-electron chi connectivity index (χ3n) is 23.3. The number of carbonyl (C=O) groups excluding carboxylic acids is 4. The van der Waals surface area contributed by atoms with Gasteiger partial charge in [0.1, 0.15) is 60.5 Å². The van der Waals surface area contributed by atoms with Crippen LogP contribution in [0, 0.1) is 35.5 Å². The number of fused-ring (bicyclic) bond motifs is 4. The lowest BCUT2D eigenvalue weighted by atomic mass is 9.75.